The maximum Gasteiger partial charge on any atom is 0.0956 e. The van der Waals surface area contributed by atoms with Crippen LogP contribution in [0.5, 0.6) is 0 Å². The van der Waals surface area contributed by atoms with E-state index >= 15 is 0 Å². The third-order valence-corrected chi connectivity index (χ3v) is 3.96. The van der Waals surface area contributed by atoms with Gasteiger partial charge >= 0.3 is 0 Å². The highest BCUT2D eigenvalue weighted by atomic mass is 15.3. The third-order valence-electron chi connectivity index (χ3n) is 3.96. The first-order valence-electron chi connectivity index (χ1n) is 7.43. The zero-order chi connectivity index (χ0) is 14.9. The van der Waals surface area contributed by atoms with Crippen LogP contribution in [0.15, 0.2) is 79.0 Å². The number of benzene rings is 3. The molecule has 0 amide bonds. The summed E-state index contributed by atoms with van der Waals surface area (Å²) in [5.74, 6) is 0. The minimum absolute atomic E-state index is 1.04. The summed E-state index contributed by atoms with van der Waals surface area (Å²) in [5.41, 5.74) is 4.48. The average molecular weight is 284 g/mol. The van der Waals surface area contributed by atoms with Crippen molar-refractivity contribution in [2.75, 3.05) is 0 Å². The van der Waals surface area contributed by atoms with Gasteiger partial charge < -0.3 is 0 Å². The molecule has 1 aromatic heterocycles. The van der Waals surface area contributed by atoms with Gasteiger partial charge in [0.25, 0.3) is 0 Å². The van der Waals surface area contributed by atoms with Gasteiger partial charge in [0.05, 0.1) is 11.4 Å². The predicted molar refractivity (Wildman–Crippen MR) is 91.2 cm³/mol. The van der Waals surface area contributed by atoms with Crippen molar-refractivity contribution in [3.05, 3.63) is 84.6 Å². The molecule has 4 rings (SSSR count). The topological polar surface area (TPSA) is 17.8 Å². The first-order chi connectivity index (χ1) is 10.8. The molecule has 22 heavy (non-hydrogen) atoms. The maximum absolute atomic E-state index is 4.82. The summed E-state index contributed by atoms with van der Waals surface area (Å²) in [7, 11) is 0. The number of nitrogens with zero attached hydrogens (tertiary/aromatic N) is 2. The van der Waals surface area contributed by atoms with Gasteiger partial charge in [-0.2, -0.15) is 5.10 Å². The van der Waals surface area contributed by atoms with Gasteiger partial charge in [0.15, 0.2) is 0 Å². The molecule has 0 saturated carbocycles. The van der Waals surface area contributed by atoms with Crippen molar-refractivity contribution in [3.63, 3.8) is 0 Å². The van der Waals surface area contributed by atoms with Crippen LogP contribution in [0.1, 0.15) is 5.56 Å². The number of aryl methyl sites for hydroxylation is 1. The SMILES string of the molecule is Cc1cn(-c2cccc3ccccc23)nc1-c1ccccc1. The quantitative estimate of drug-likeness (QED) is 0.506. The van der Waals surface area contributed by atoms with Crippen molar-refractivity contribution in [3.8, 4) is 16.9 Å². The molecule has 0 unspecified atom stereocenters. The Morgan fingerprint density at radius 3 is 2.36 bits per heavy atom. The Kier molecular flexibility index (Phi) is 3.01. The second-order valence-corrected chi connectivity index (χ2v) is 5.47. The van der Waals surface area contributed by atoms with Crippen LogP contribution in [0, 0.1) is 6.92 Å². The first kappa shape index (κ1) is 12.8. The molecule has 106 valence electrons. The van der Waals surface area contributed by atoms with Crippen LogP contribution in [-0.4, -0.2) is 9.78 Å². The Hall–Kier alpha value is -2.87. The average Bonchev–Trinajstić information content (AvgIpc) is 2.97. The summed E-state index contributed by atoms with van der Waals surface area (Å²) in [5, 5.41) is 7.26. The fraction of sp³-hybridized carbons (Fsp3) is 0.0500. The fourth-order valence-corrected chi connectivity index (χ4v) is 2.87. The number of aromatic nitrogens is 2. The van der Waals surface area contributed by atoms with Gasteiger partial charge in [-0.1, -0.05) is 66.7 Å². The molecule has 0 fully saturated rings. The van der Waals surface area contributed by atoms with E-state index in [-0.39, 0.29) is 0 Å². The highest BCUT2D eigenvalue weighted by Crippen LogP contribution is 2.26. The van der Waals surface area contributed by atoms with E-state index in [4.69, 9.17) is 5.10 Å². The molecule has 0 radical (unpaired) electrons. The first-order valence-corrected chi connectivity index (χ1v) is 7.43. The molecule has 1 heterocycles. The van der Waals surface area contributed by atoms with Crippen LogP contribution in [0.2, 0.25) is 0 Å². The van der Waals surface area contributed by atoms with Gasteiger partial charge in [-0.05, 0) is 23.9 Å². The third kappa shape index (κ3) is 2.09. The Labute approximate surface area is 129 Å². The lowest BCUT2D eigenvalue weighted by molar-refractivity contribution is 0.891. The van der Waals surface area contributed by atoms with Crippen molar-refractivity contribution >= 4 is 10.8 Å². The van der Waals surface area contributed by atoms with Crippen LogP contribution in [0.3, 0.4) is 0 Å². The zero-order valence-electron chi connectivity index (χ0n) is 12.4. The van der Waals surface area contributed by atoms with E-state index in [1.165, 1.54) is 16.3 Å². The van der Waals surface area contributed by atoms with Crippen molar-refractivity contribution < 1.29 is 0 Å². The normalized spacial score (nSPS) is 11.0. The maximum atomic E-state index is 4.82. The summed E-state index contributed by atoms with van der Waals surface area (Å²) >= 11 is 0. The molecule has 2 heteroatoms. The Morgan fingerprint density at radius 1 is 0.773 bits per heavy atom. The number of fused-ring (bicyclic) bond motifs is 1. The molecule has 4 aromatic rings. The van der Waals surface area contributed by atoms with E-state index < -0.39 is 0 Å². The van der Waals surface area contributed by atoms with Crippen molar-refractivity contribution in [2.45, 2.75) is 6.92 Å². The lowest BCUT2D eigenvalue weighted by atomic mass is 10.1. The Morgan fingerprint density at radius 2 is 1.50 bits per heavy atom. The molecule has 2 nitrogen and oxygen atoms in total. The molecule has 0 N–H and O–H groups in total. The van der Waals surface area contributed by atoms with Gasteiger partial charge in [-0.3, -0.25) is 0 Å². The highest BCUT2D eigenvalue weighted by molar-refractivity contribution is 5.90. The summed E-state index contributed by atoms with van der Waals surface area (Å²) in [6.45, 7) is 2.11. The van der Waals surface area contributed by atoms with Crippen LogP contribution in [0.25, 0.3) is 27.7 Å². The van der Waals surface area contributed by atoms with Crippen LogP contribution in [0.4, 0.5) is 0 Å². The Balaban J connectivity index is 1.90. The van der Waals surface area contributed by atoms with Crippen molar-refractivity contribution in [1.29, 1.82) is 0 Å². The van der Waals surface area contributed by atoms with E-state index in [2.05, 4.69) is 67.7 Å². The molecule has 0 atom stereocenters. The van der Waals surface area contributed by atoms with E-state index in [1.54, 1.807) is 0 Å². The summed E-state index contributed by atoms with van der Waals surface area (Å²) in [6, 6.07) is 25.1. The molecular formula is C20H16N2. The lowest BCUT2D eigenvalue weighted by Crippen LogP contribution is -1.96. The molecule has 3 aromatic carbocycles. The highest BCUT2D eigenvalue weighted by Gasteiger charge is 2.10. The molecule has 0 bridgehead atoms. The van der Waals surface area contributed by atoms with Crippen LogP contribution < -0.4 is 0 Å². The number of hydrogen-bond donors (Lipinski definition) is 0. The number of hydrogen-bond acceptors (Lipinski definition) is 1. The minimum atomic E-state index is 1.04. The number of rotatable bonds is 2. The molecule has 0 aliphatic heterocycles. The van der Waals surface area contributed by atoms with Gasteiger partial charge in [-0.25, -0.2) is 4.68 Å². The van der Waals surface area contributed by atoms with Crippen LogP contribution in [-0.2, 0) is 0 Å². The standard InChI is InChI=1S/C20H16N2/c1-15-14-22(21-20(15)17-9-3-2-4-10-17)19-13-7-11-16-8-5-6-12-18(16)19/h2-14H,1H3. The Bertz CT molecular complexity index is 931. The summed E-state index contributed by atoms with van der Waals surface area (Å²) in [4.78, 5) is 0. The van der Waals surface area contributed by atoms with Gasteiger partial charge in [0.2, 0.25) is 0 Å². The second kappa shape index (κ2) is 5.15. The lowest BCUT2D eigenvalue weighted by Gasteiger charge is -2.06. The predicted octanol–water partition coefficient (Wildman–Crippen LogP) is 5.00. The molecule has 0 spiro atoms. The molecule has 0 aliphatic carbocycles. The molecule has 0 aliphatic rings. The van der Waals surface area contributed by atoms with Crippen molar-refractivity contribution in [1.82, 2.24) is 9.78 Å². The largest absolute Gasteiger partial charge is 0.239 e. The monoisotopic (exact) mass is 284 g/mol. The van der Waals surface area contributed by atoms with E-state index in [9.17, 15) is 0 Å². The van der Waals surface area contributed by atoms with Gasteiger partial charge in [0.1, 0.15) is 0 Å². The second-order valence-electron chi connectivity index (χ2n) is 5.47. The minimum Gasteiger partial charge on any atom is -0.239 e. The molecule has 0 saturated heterocycles. The molecular weight excluding hydrogens is 268 g/mol. The van der Waals surface area contributed by atoms with E-state index in [0.29, 0.717) is 0 Å². The van der Waals surface area contributed by atoms with Crippen molar-refractivity contribution in [2.24, 2.45) is 0 Å². The fourth-order valence-electron chi connectivity index (χ4n) is 2.87. The van der Waals surface area contributed by atoms with Gasteiger partial charge in [0, 0.05) is 17.1 Å². The van der Waals surface area contributed by atoms with Gasteiger partial charge in [-0.15, -0.1) is 0 Å². The van der Waals surface area contributed by atoms with Crippen LogP contribution >= 0.6 is 0 Å². The van der Waals surface area contributed by atoms with E-state index in [1.807, 2.05) is 22.9 Å². The smallest absolute Gasteiger partial charge is 0.0956 e. The zero-order valence-corrected chi connectivity index (χ0v) is 12.4. The van der Waals surface area contributed by atoms with E-state index in [0.717, 1.165) is 16.9 Å². The summed E-state index contributed by atoms with van der Waals surface area (Å²) < 4.78 is 1.99. The summed E-state index contributed by atoms with van der Waals surface area (Å²) in [6.07, 6.45) is 2.10.